The molecule has 1 heterocycles. The number of fused-ring (bicyclic) bond motifs is 1. The van der Waals surface area contributed by atoms with Crippen LogP contribution in [0, 0.1) is 5.92 Å². The van der Waals surface area contributed by atoms with E-state index in [0.29, 0.717) is 6.54 Å². The van der Waals surface area contributed by atoms with Gasteiger partial charge in [-0.3, -0.25) is 0 Å². The van der Waals surface area contributed by atoms with Crippen molar-refractivity contribution in [1.82, 2.24) is 4.57 Å². The molecule has 0 amide bonds. The minimum atomic E-state index is 0.631. The van der Waals surface area contributed by atoms with Gasteiger partial charge in [-0.15, -0.1) is 0 Å². The fourth-order valence-electron chi connectivity index (χ4n) is 2.61. The van der Waals surface area contributed by atoms with Crippen LogP contribution in [0.15, 0.2) is 30.5 Å². The summed E-state index contributed by atoms with van der Waals surface area (Å²) in [5.41, 5.74) is 8.42. The van der Waals surface area contributed by atoms with E-state index in [-0.39, 0.29) is 0 Å². The number of nitrogens with two attached hydrogens (primary N) is 1. The molecule has 1 aromatic carbocycles. The van der Waals surface area contributed by atoms with E-state index in [0.717, 1.165) is 5.92 Å². The van der Waals surface area contributed by atoms with Crippen molar-refractivity contribution in [2.24, 2.45) is 11.7 Å². The van der Waals surface area contributed by atoms with Gasteiger partial charge in [0.15, 0.2) is 0 Å². The van der Waals surface area contributed by atoms with E-state index >= 15 is 0 Å². The zero-order chi connectivity index (χ0) is 11.0. The van der Waals surface area contributed by atoms with Crippen molar-refractivity contribution >= 4 is 10.9 Å². The van der Waals surface area contributed by atoms with Gasteiger partial charge in [0.1, 0.15) is 0 Å². The van der Waals surface area contributed by atoms with Gasteiger partial charge in [0.2, 0.25) is 0 Å². The Hall–Kier alpha value is -1.28. The van der Waals surface area contributed by atoms with Gasteiger partial charge < -0.3 is 10.3 Å². The van der Waals surface area contributed by atoms with E-state index in [1.54, 1.807) is 0 Å². The van der Waals surface area contributed by atoms with Gasteiger partial charge in [0, 0.05) is 19.3 Å². The molecule has 2 aromatic rings. The van der Waals surface area contributed by atoms with Gasteiger partial charge in [-0.05, 0) is 35.8 Å². The number of rotatable bonds is 3. The van der Waals surface area contributed by atoms with Gasteiger partial charge >= 0.3 is 0 Å². The maximum atomic E-state index is 5.81. The lowest BCUT2D eigenvalue weighted by Gasteiger charge is -2.26. The second kappa shape index (κ2) is 3.95. The first-order valence-electron chi connectivity index (χ1n) is 6.15. The molecule has 1 fully saturated rings. The molecule has 0 bridgehead atoms. The summed E-state index contributed by atoms with van der Waals surface area (Å²) in [5.74, 6) is 0.890. The highest BCUT2D eigenvalue weighted by Gasteiger charge is 2.18. The second-order valence-electron chi connectivity index (χ2n) is 4.82. The normalized spacial score (nSPS) is 16.6. The Kier molecular flexibility index (Phi) is 2.44. The SMILES string of the molecule is NCc1cccc2ccn(CC3CCC3)c12. The fourth-order valence-corrected chi connectivity index (χ4v) is 2.61. The first-order valence-corrected chi connectivity index (χ1v) is 6.15. The smallest absolute Gasteiger partial charge is 0.0525 e. The molecule has 1 aromatic heterocycles. The topological polar surface area (TPSA) is 30.9 Å². The van der Waals surface area contributed by atoms with E-state index < -0.39 is 0 Å². The van der Waals surface area contributed by atoms with Crippen molar-refractivity contribution < 1.29 is 0 Å². The molecule has 0 spiro atoms. The van der Waals surface area contributed by atoms with Crippen molar-refractivity contribution in [3.63, 3.8) is 0 Å². The van der Waals surface area contributed by atoms with Crippen LogP contribution < -0.4 is 5.73 Å². The zero-order valence-corrected chi connectivity index (χ0v) is 9.52. The Labute approximate surface area is 96.1 Å². The molecule has 16 heavy (non-hydrogen) atoms. The maximum Gasteiger partial charge on any atom is 0.0525 e. The van der Waals surface area contributed by atoms with E-state index in [1.165, 1.54) is 42.3 Å². The predicted octanol–water partition coefficient (Wildman–Crippen LogP) is 2.90. The zero-order valence-electron chi connectivity index (χ0n) is 9.52. The molecule has 84 valence electrons. The van der Waals surface area contributed by atoms with Crippen molar-refractivity contribution in [3.8, 4) is 0 Å². The van der Waals surface area contributed by atoms with Crippen LogP contribution in [0.25, 0.3) is 10.9 Å². The van der Waals surface area contributed by atoms with Crippen LogP contribution in [0.1, 0.15) is 24.8 Å². The van der Waals surface area contributed by atoms with E-state index in [2.05, 4.69) is 35.0 Å². The number of nitrogens with zero attached hydrogens (tertiary/aromatic N) is 1. The monoisotopic (exact) mass is 214 g/mol. The molecule has 1 aliphatic carbocycles. The highest BCUT2D eigenvalue weighted by Crippen LogP contribution is 2.30. The molecule has 3 rings (SSSR count). The van der Waals surface area contributed by atoms with Crippen LogP contribution in [0.4, 0.5) is 0 Å². The molecule has 2 nitrogen and oxygen atoms in total. The summed E-state index contributed by atoms with van der Waals surface area (Å²) in [7, 11) is 0. The Morgan fingerprint density at radius 2 is 2.12 bits per heavy atom. The molecule has 0 unspecified atom stereocenters. The van der Waals surface area contributed by atoms with Crippen LogP contribution >= 0.6 is 0 Å². The minimum Gasteiger partial charge on any atom is -0.347 e. The number of benzene rings is 1. The molecule has 1 aliphatic rings. The molecule has 0 atom stereocenters. The Morgan fingerprint density at radius 1 is 1.25 bits per heavy atom. The minimum absolute atomic E-state index is 0.631. The third kappa shape index (κ3) is 1.54. The van der Waals surface area contributed by atoms with Crippen LogP contribution in [0.2, 0.25) is 0 Å². The lowest BCUT2D eigenvalue weighted by molar-refractivity contribution is 0.279. The summed E-state index contributed by atoms with van der Waals surface area (Å²) < 4.78 is 2.39. The Balaban J connectivity index is 2.02. The summed E-state index contributed by atoms with van der Waals surface area (Å²) in [6.07, 6.45) is 6.41. The lowest BCUT2D eigenvalue weighted by atomic mass is 9.85. The van der Waals surface area contributed by atoms with Gasteiger partial charge in [0.25, 0.3) is 0 Å². The van der Waals surface area contributed by atoms with Gasteiger partial charge in [-0.1, -0.05) is 24.6 Å². The Morgan fingerprint density at radius 3 is 2.81 bits per heavy atom. The summed E-state index contributed by atoms with van der Waals surface area (Å²) in [6, 6.07) is 8.61. The molecule has 0 saturated heterocycles. The van der Waals surface area contributed by atoms with Crippen molar-refractivity contribution in [2.75, 3.05) is 0 Å². The molecule has 2 N–H and O–H groups in total. The standard InChI is InChI=1S/C14H18N2/c15-9-13-6-2-5-12-7-8-16(14(12)13)10-11-3-1-4-11/h2,5-8,11H,1,3-4,9-10,15H2. The highest BCUT2D eigenvalue weighted by molar-refractivity contribution is 5.83. The van der Waals surface area contributed by atoms with Crippen LogP contribution in [0.3, 0.4) is 0 Å². The van der Waals surface area contributed by atoms with E-state index in [4.69, 9.17) is 5.73 Å². The first-order chi connectivity index (χ1) is 7.88. The molecular formula is C14H18N2. The van der Waals surface area contributed by atoms with Crippen LogP contribution in [-0.2, 0) is 13.1 Å². The largest absolute Gasteiger partial charge is 0.347 e. The predicted molar refractivity (Wildman–Crippen MR) is 67.2 cm³/mol. The van der Waals surface area contributed by atoms with Crippen molar-refractivity contribution in [2.45, 2.75) is 32.4 Å². The summed E-state index contributed by atoms with van der Waals surface area (Å²) in [5, 5.41) is 1.32. The number of aromatic nitrogens is 1. The third-order valence-corrected chi connectivity index (χ3v) is 3.77. The van der Waals surface area contributed by atoms with Gasteiger partial charge in [-0.25, -0.2) is 0 Å². The highest BCUT2D eigenvalue weighted by atomic mass is 15.0. The summed E-state index contributed by atoms with van der Waals surface area (Å²) in [4.78, 5) is 0. The van der Waals surface area contributed by atoms with Crippen molar-refractivity contribution in [3.05, 3.63) is 36.0 Å². The summed E-state index contributed by atoms with van der Waals surface area (Å²) >= 11 is 0. The third-order valence-electron chi connectivity index (χ3n) is 3.77. The lowest BCUT2D eigenvalue weighted by Crippen LogP contribution is -2.17. The molecule has 0 radical (unpaired) electrons. The molecule has 1 saturated carbocycles. The average molecular weight is 214 g/mol. The fraction of sp³-hybridized carbons (Fsp3) is 0.429. The van der Waals surface area contributed by atoms with Gasteiger partial charge in [-0.2, -0.15) is 0 Å². The number of hydrogen-bond donors (Lipinski definition) is 1. The molecular weight excluding hydrogens is 196 g/mol. The molecule has 2 heteroatoms. The van der Waals surface area contributed by atoms with Crippen LogP contribution in [-0.4, -0.2) is 4.57 Å². The molecule has 0 aliphatic heterocycles. The number of para-hydroxylation sites is 1. The quantitative estimate of drug-likeness (QED) is 0.836. The number of hydrogen-bond acceptors (Lipinski definition) is 1. The van der Waals surface area contributed by atoms with Crippen LogP contribution in [0.5, 0.6) is 0 Å². The van der Waals surface area contributed by atoms with Crippen molar-refractivity contribution in [1.29, 1.82) is 0 Å². The van der Waals surface area contributed by atoms with Gasteiger partial charge in [0.05, 0.1) is 5.52 Å². The second-order valence-corrected chi connectivity index (χ2v) is 4.82. The Bertz CT molecular complexity index is 494. The average Bonchev–Trinajstić information content (AvgIpc) is 2.66. The summed E-state index contributed by atoms with van der Waals surface area (Å²) in [6.45, 7) is 1.80. The maximum absolute atomic E-state index is 5.81. The van der Waals surface area contributed by atoms with E-state index in [9.17, 15) is 0 Å². The first kappa shape index (κ1) is 9.91. The van der Waals surface area contributed by atoms with E-state index in [1.807, 2.05) is 0 Å².